The predicted molar refractivity (Wildman–Crippen MR) is 140 cm³/mol. The summed E-state index contributed by atoms with van der Waals surface area (Å²) in [5.74, 6) is -0.0292. The zero-order valence-electron chi connectivity index (χ0n) is 21.1. The molecule has 4 aromatic rings. The predicted octanol–water partition coefficient (Wildman–Crippen LogP) is 5.37. The van der Waals surface area contributed by atoms with Gasteiger partial charge in [-0.25, -0.2) is 22.8 Å². The lowest BCUT2D eigenvalue weighted by atomic mass is 10.0. The van der Waals surface area contributed by atoms with Gasteiger partial charge in [-0.3, -0.25) is 4.68 Å². The van der Waals surface area contributed by atoms with E-state index in [1.807, 2.05) is 31.2 Å². The molecule has 2 heterocycles. The maximum absolute atomic E-state index is 14.7. The molecule has 0 atom stereocenters. The monoisotopic (exact) mass is 507 g/mol. The average molecular weight is 508 g/mol. The molecule has 9 heteroatoms. The minimum absolute atomic E-state index is 0.0134. The van der Waals surface area contributed by atoms with Crippen molar-refractivity contribution in [3.8, 4) is 11.1 Å². The molecule has 0 spiro atoms. The van der Waals surface area contributed by atoms with Crippen molar-refractivity contribution in [2.45, 2.75) is 44.6 Å². The van der Waals surface area contributed by atoms with Crippen molar-refractivity contribution in [2.24, 2.45) is 7.05 Å². The van der Waals surface area contributed by atoms with Crippen LogP contribution in [0.25, 0.3) is 11.1 Å². The third-order valence-corrected chi connectivity index (χ3v) is 8.55. The fraction of sp³-hybridized carbons (Fsp3) is 0.296. The van der Waals surface area contributed by atoms with Gasteiger partial charge in [0.05, 0.1) is 22.4 Å². The summed E-state index contributed by atoms with van der Waals surface area (Å²) in [4.78, 5) is 8.99. The molecule has 4 rings (SSSR count). The van der Waals surface area contributed by atoms with Crippen LogP contribution in [-0.4, -0.2) is 32.9 Å². The molecule has 0 fully saturated rings. The van der Waals surface area contributed by atoms with Crippen LogP contribution in [0.5, 0.6) is 0 Å². The highest BCUT2D eigenvalue weighted by atomic mass is 32.2. The quantitative estimate of drug-likeness (QED) is 0.362. The molecule has 2 aromatic heterocycles. The lowest BCUT2D eigenvalue weighted by Gasteiger charge is -2.19. The summed E-state index contributed by atoms with van der Waals surface area (Å²) >= 11 is 0. The maximum atomic E-state index is 14.7. The van der Waals surface area contributed by atoms with E-state index >= 15 is 0 Å². The number of aromatic nitrogens is 4. The fourth-order valence-corrected chi connectivity index (χ4v) is 4.74. The molecule has 0 aliphatic rings. The molecule has 0 bridgehead atoms. The van der Waals surface area contributed by atoms with Crippen LogP contribution in [0.4, 0.5) is 16.0 Å². The summed E-state index contributed by atoms with van der Waals surface area (Å²) in [6, 6.07) is 12.4. The lowest BCUT2D eigenvalue weighted by Crippen LogP contribution is -2.29. The highest BCUT2D eigenvalue weighted by Crippen LogP contribution is 2.26. The Labute approximate surface area is 211 Å². The van der Waals surface area contributed by atoms with E-state index < -0.39 is 14.6 Å². The van der Waals surface area contributed by atoms with E-state index in [2.05, 4.69) is 20.4 Å². The molecule has 7 nitrogen and oxygen atoms in total. The van der Waals surface area contributed by atoms with Crippen LogP contribution in [0.1, 0.15) is 43.2 Å². The zero-order valence-corrected chi connectivity index (χ0v) is 21.9. The highest BCUT2D eigenvalue weighted by molar-refractivity contribution is 7.91. The Morgan fingerprint density at radius 1 is 1.06 bits per heavy atom. The standard InChI is InChI=1S/C27H30FN5O2S/c1-18-14-29-26(31-22-9-10-23(24(28)13-22)21-15-30-33(5)16-21)32-25(18)12-19-7-6-8-20(11-19)17-36(34,35)27(2,3)4/h6-11,13-16H,12,17H2,1-5H3,(H,29,31,32). The van der Waals surface area contributed by atoms with E-state index in [0.29, 0.717) is 29.2 Å². The summed E-state index contributed by atoms with van der Waals surface area (Å²) in [6.45, 7) is 7.06. The topological polar surface area (TPSA) is 89.8 Å². The molecule has 36 heavy (non-hydrogen) atoms. The van der Waals surface area contributed by atoms with Gasteiger partial charge in [0.2, 0.25) is 5.95 Å². The Morgan fingerprint density at radius 2 is 1.81 bits per heavy atom. The summed E-state index contributed by atoms with van der Waals surface area (Å²) in [5, 5.41) is 7.17. The Bertz CT molecular complexity index is 1510. The minimum Gasteiger partial charge on any atom is -0.324 e. The van der Waals surface area contributed by atoms with Crippen LogP contribution >= 0.6 is 0 Å². The van der Waals surface area contributed by atoms with Crippen molar-refractivity contribution in [3.63, 3.8) is 0 Å². The second kappa shape index (κ2) is 9.81. The average Bonchev–Trinajstić information content (AvgIpc) is 3.21. The Morgan fingerprint density at radius 3 is 2.47 bits per heavy atom. The van der Waals surface area contributed by atoms with Gasteiger partial charge >= 0.3 is 0 Å². The van der Waals surface area contributed by atoms with Crippen LogP contribution in [0.2, 0.25) is 0 Å². The number of nitrogens with one attached hydrogen (secondary N) is 1. The van der Waals surface area contributed by atoms with Gasteiger partial charge in [-0.05, 0) is 62.6 Å². The third-order valence-electron chi connectivity index (χ3n) is 5.97. The fourth-order valence-electron chi connectivity index (χ4n) is 3.69. The maximum Gasteiger partial charge on any atom is 0.227 e. The molecule has 0 unspecified atom stereocenters. The number of anilines is 2. The normalized spacial score (nSPS) is 12.1. The van der Waals surface area contributed by atoms with Crippen molar-refractivity contribution in [1.29, 1.82) is 0 Å². The zero-order chi connectivity index (χ0) is 26.1. The van der Waals surface area contributed by atoms with Crippen molar-refractivity contribution in [2.75, 3.05) is 5.32 Å². The summed E-state index contributed by atoms with van der Waals surface area (Å²) in [7, 11) is -1.50. The molecule has 0 radical (unpaired) electrons. The van der Waals surface area contributed by atoms with Gasteiger partial charge in [0.15, 0.2) is 9.84 Å². The molecule has 188 valence electrons. The van der Waals surface area contributed by atoms with Crippen LogP contribution in [-0.2, 0) is 29.1 Å². The molecule has 0 saturated carbocycles. The van der Waals surface area contributed by atoms with Crippen molar-refractivity contribution in [1.82, 2.24) is 19.7 Å². The number of hydrogen-bond donors (Lipinski definition) is 1. The number of halogens is 1. The number of benzene rings is 2. The molecule has 0 amide bonds. The first-order valence-corrected chi connectivity index (χ1v) is 13.2. The van der Waals surface area contributed by atoms with Gasteiger partial charge in [-0.2, -0.15) is 5.10 Å². The van der Waals surface area contributed by atoms with E-state index in [1.165, 1.54) is 6.07 Å². The van der Waals surface area contributed by atoms with Crippen LogP contribution in [0.15, 0.2) is 61.1 Å². The Hall–Kier alpha value is -3.59. The van der Waals surface area contributed by atoms with E-state index in [9.17, 15) is 12.8 Å². The van der Waals surface area contributed by atoms with Gasteiger partial charge in [-0.15, -0.1) is 0 Å². The van der Waals surface area contributed by atoms with Gasteiger partial charge in [-0.1, -0.05) is 24.3 Å². The summed E-state index contributed by atoms with van der Waals surface area (Å²) < 4.78 is 40.8. The number of rotatable bonds is 7. The molecular formula is C27H30FN5O2S. The van der Waals surface area contributed by atoms with Crippen molar-refractivity contribution < 1.29 is 12.8 Å². The number of aryl methyl sites for hydroxylation is 2. The van der Waals surface area contributed by atoms with Gasteiger partial charge in [0, 0.05) is 42.7 Å². The summed E-state index contributed by atoms with van der Waals surface area (Å²) in [6.07, 6.45) is 5.61. The lowest BCUT2D eigenvalue weighted by molar-refractivity contribution is 0.559. The van der Waals surface area contributed by atoms with Crippen LogP contribution < -0.4 is 5.32 Å². The third kappa shape index (κ3) is 5.79. The van der Waals surface area contributed by atoms with Crippen molar-refractivity contribution in [3.05, 3.63) is 89.3 Å². The Kier molecular flexibility index (Phi) is 6.95. The molecule has 2 aromatic carbocycles. The first-order chi connectivity index (χ1) is 16.9. The van der Waals surface area contributed by atoms with E-state index in [0.717, 1.165) is 22.4 Å². The largest absolute Gasteiger partial charge is 0.324 e. The first kappa shape index (κ1) is 25.5. The van der Waals surface area contributed by atoms with Gasteiger partial charge < -0.3 is 5.32 Å². The molecule has 0 saturated heterocycles. The van der Waals surface area contributed by atoms with Gasteiger partial charge in [0.25, 0.3) is 0 Å². The second-order valence-electron chi connectivity index (χ2n) is 9.91. The molecule has 1 N–H and O–H groups in total. The Balaban J connectivity index is 1.52. The molecule has 0 aliphatic heterocycles. The number of nitrogens with zero attached hydrogens (tertiary/aromatic N) is 4. The number of sulfone groups is 1. The van der Waals surface area contributed by atoms with Crippen molar-refractivity contribution >= 4 is 21.5 Å². The molecule has 0 aliphatic carbocycles. The SMILES string of the molecule is Cc1cnc(Nc2ccc(-c3cnn(C)c3)c(F)c2)nc1Cc1cccc(CS(=O)(=O)C(C)(C)C)c1. The smallest absolute Gasteiger partial charge is 0.227 e. The van der Waals surface area contributed by atoms with E-state index in [-0.39, 0.29) is 11.6 Å². The van der Waals surface area contributed by atoms with Gasteiger partial charge in [0.1, 0.15) is 5.82 Å². The highest BCUT2D eigenvalue weighted by Gasteiger charge is 2.29. The van der Waals surface area contributed by atoms with E-state index in [4.69, 9.17) is 0 Å². The first-order valence-electron chi connectivity index (χ1n) is 11.6. The number of hydrogen-bond acceptors (Lipinski definition) is 6. The minimum atomic E-state index is -3.28. The molecular weight excluding hydrogens is 477 g/mol. The van der Waals surface area contributed by atoms with Crippen LogP contribution in [0.3, 0.4) is 0 Å². The summed E-state index contributed by atoms with van der Waals surface area (Å²) in [5.41, 5.74) is 5.11. The van der Waals surface area contributed by atoms with E-state index in [1.54, 1.807) is 63.2 Å². The second-order valence-corrected chi connectivity index (χ2v) is 12.7. The van der Waals surface area contributed by atoms with Crippen LogP contribution in [0, 0.1) is 12.7 Å².